The van der Waals surface area contributed by atoms with Gasteiger partial charge in [0.25, 0.3) is 5.91 Å². The highest BCUT2D eigenvalue weighted by atomic mass is 32.2. The van der Waals surface area contributed by atoms with E-state index in [2.05, 4.69) is 15.6 Å². The van der Waals surface area contributed by atoms with Crippen LogP contribution < -0.4 is 21.1 Å². The molecule has 216 valence electrons. The fourth-order valence-electron chi connectivity index (χ4n) is 4.65. The van der Waals surface area contributed by atoms with Gasteiger partial charge in [0.2, 0.25) is 5.91 Å². The fourth-order valence-corrected chi connectivity index (χ4v) is 5.77. The zero-order chi connectivity index (χ0) is 29.5. The minimum Gasteiger partial charge on any atom is -0.497 e. The van der Waals surface area contributed by atoms with E-state index in [0.29, 0.717) is 11.4 Å². The molecule has 12 heteroatoms. The van der Waals surface area contributed by atoms with Gasteiger partial charge in [-0.2, -0.15) is 0 Å². The molecule has 41 heavy (non-hydrogen) atoms. The molecule has 2 amide bonds. The summed E-state index contributed by atoms with van der Waals surface area (Å²) in [6.45, 7) is 0. The molecule has 0 saturated heterocycles. The number of thioether (sulfide) groups is 1. The van der Waals surface area contributed by atoms with E-state index in [4.69, 9.17) is 19.9 Å². The second-order valence-corrected chi connectivity index (χ2v) is 10.6. The lowest BCUT2D eigenvalue weighted by molar-refractivity contribution is -0.117. The van der Waals surface area contributed by atoms with Gasteiger partial charge in [-0.15, -0.1) is 0 Å². The molecule has 2 aromatic carbocycles. The number of hydrogen-bond donors (Lipinski definition) is 3. The zero-order valence-corrected chi connectivity index (χ0v) is 23.8. The van der Waals surface area contributed by atoms with E-state index in [-0.39, 0.29) is 39.2 Å². The normalized spacial score (nSPS) is 18.1. The van der Waals surface area contributed by atoms with Gasteiger partial charge in [0.15, 0.2) is 0 Å². The van der Waals surface area contributed by atoms with Crippen molar-refractivity contribution >= 4 is 51.9 Å². The van der Waals surface area contributed by atoms with Crippen molar-refractivity contribution < 1.29 is 33.4 Å². The van der Waals surface area contributed by atoms with Crippen molar-refractivity contribution in [3.05, 3.63) is 64.9 Å². The summed E-state index contributed by atoms with van der Waals surface area (Å²) in [6.07, 6.45) is 4.92. The van der Waals surface area contributed by atoms with E-state index in [1.54, 1.807) is 31.4 Å². The van der Waals surface area contributed by atoms with Crippen LogP contribution in [0.3, 0.4) is 0 Å². The van der Waals surface area contributed by atoms with Crippen LogP contribution in [0, 0.1) is 0 Å². The molecule has 2 aromatic rings. The minimum atomic E-state index is -1.04. The average molecular weight is 581 g/mol. The third kappa shape index (κ3) is 6.88. The highest BCUT2D eigenvalue weighted by Gasteiger charge is 2.39. The Morgan fingerprint density at radius 2 is 1.61 bits per heavy atom. The lowest BCUT2D eigenvalue weighted by atomic mass is 9.95. The number of nitrogens with two attached hydrogens (primary N) is 1. The molecule has 1 aliphatic heterocycles. The number of hydrogen-bond acceptors (Lipinski definition) is 10. The molecule has 1 heterocycles. The summed E-state index contributed by atoms with van der Waals surface area (Å²) >= 11 is 1.02. The number of carbonyl (C=O) groups excluding carboxylic acids is 4. The summed E-state index contributed by atoms with van der Waals surface area (Å²) in [5, 5.41) is 4.98. The Balaban J connectivity index is 1.67. The SMILES string of the molecule is COC(=O)c1ccc(C(=O)OC)c(NC(=O)[C@H]2SC(=Nc3ccc(OC)cc3)C(C(=O)NC3CCCCC3)=C2N)c1. The highest BCUT2D eigenvalue weighted by Crippen LogP contribution is 2.36. The van der Waals surface area contributed by atoms with E-state index < -0.39 is 29.0 Å². The van der Waals surface area contributed by atoms with Gasteiger partial charge in [0.1, 0.15) is 16.0 Å². The number of benzene rings is 2. The smallest absolute Gasteiger partial charge is 0.339 e. The summed E-state index contributed by atoms with van der Waals surface area (Å²) < 4.78 is 14.8. The summed E-state index contributed by atoms with van der Waals surface area (Å²) in [4.78, 5) is 56.1. The van der Waals surface area contributed by atoms with Gasteiger partial charge >= 0.3 is 11.9 Å². The van der Waals surface area contributed by atoms with Crippen molar-refractivity contribution in [2.45, 2.75) is 43.4 Å². The van der Waals surface area contributed by atoms with Crippen LogP contribution >= 0.6 is 11.8 Å². The predicted octanol–water partition coefficient (Wildman–Crippen LogP) is 3.71. The van der Waals surface area contributed by atoms with Crippen LogP contribution in [0.1, 0.15) is 52.8 Å². The quantitative estimate of drug-likeness (QED) is 0.396. The highest BCUT2D eigenvalue weighted by molar-refractivity contribution is 8.16. The van der Waals surface area contributed by atoms with Crippen molar-refractivity contribution in [2.24, 2.45) is 10.7 Å². The van der Waals surface area contributed by atoms with Gasteiger partial charge in [-0.1, -0.05) is 31.0 Å². The first kappa shape index (κ1) is 29.7. The number of amides is 2. The first-order valence-corrected chi connectivity index (χ1v) is 14.0. The van der Waals surface area contributed by atoms with Gasteiger partial charge < -0.3 is 30.6 Å². The molecular formula is C29H32N4O7S. The summed E-state index contributed by atoms with van der Waals surface area (Å²) in [5.74, 6) is -1.73. The van der Waals surface area contributed by atoms with Crippen LogP contribution in [-0.2, 0) is 19.1 Å². The van der Waals surface area contributed by atoms with Crippen LogP contribution in [0.5, 0.6) is 5.75 Å². The lowest BCUT2D eigenvalue weighted by Crippen LogP contribution is -2.38. The summed E-state index contributed by atoms with van der Waals surface area (Å²) in [6, 6.07) is 11.0. The van der Waals surface area contributed by atoms with Crippen molar-refractivity contribution in [3.8, 4) is 5.75 Å². The second kappa shape index (κ2) is 13.4. The van der Waals surface area contributed by atoms with Crippen molar-refractivity contribution in [3.63, 3.8) is 0 Å². The Bertz CT molecular complexity index is 1400. The second-order valence-electron chi connectivity index (χ2n) is 9.48. The maximum absolute atomic E-state index is 13.6. The third-order valence-corrected chi connectivity index (χ3v) is 8.05. The average Bonchev–Trinajstić information content (AvgIpc) is 3.32. The number of esters is 2. The number of anilines is 1. The lowest BCUT2D eigenvalue weighted by Gasteiger charge is -2.23. The van der Waals surface area contributed by atoms with Crippen molar-refractivity contribution in [2.75, 3.05) is 26.6 Å². The summed E-state index contributed by atoms with van der Waals surface area (Å²) in [5.41, 5.74) is 7.37. The van der Waals surface area contributed by atoms with Crippen LogP contribution in [0.4, 0.5) is 11.4 Å². The molecule has 0 spiro atoms. The Morgan fingerprint density at radius 3 is 2.24 bits per heavy atom. The van der Waals surface area contributed by atoms with Crippen LogP contribution in [0.15, 0.2) is 58.7 Å². The molecular weight excluding hydrogens is 548 g/mol. The Labute approximate surface area is 241 Å². The fraction of sp³-hybridized carbons (Fsp3) is 0.345. The molecule has 1 fully saturated rings. The Hall–Kier alpha value is -4.32. The van der Waals surface area contributed by atoms with E-state index in [9.17, 15) is 19.2 Å². The molecule has 1 atom stereocenters. The number of ether oxygens (including phenoxy) is 3. The number of nitrogens with zero attached hydrogens (tertiary/aromatic N) is 1. The van der Waals surface area contributed by atoms with Crippen molar-refractivity contribution in [1.29, 1.82) is 0 Å². The molecule has 4 rings (SSSR count). The van der Waals surface area contributed by atoms with E-state index in [1.165, 1.54) is 32.4 Å². The molecule has 0 unspecified atom stereocenters. The van der Waals surface area contributed by atoms with E-state index >= 15 is 0 Å². The molecule has 1 saturated carbocycles. The van der Waals surface area contributed by atoms with Gasteiger partial charge in [0, 0.05) is 11.7 Å². The van der Waals surface area contributed by atoms with Crippen LogP contribution in [-0.4, -0.2) is 61.4 Å². The predicted molar refractivity (Wildman–Crippen MR) is 155 cm³/mol. The van der Waals surface area contributed by atoms with E-state index in [1.807, 2.05) is 0 Å². The van der Waals surface area contributed by atoms with Crippen molar-refractivity contribution in [1.82, 2.24) is 5.32 Å². The Morgan fingerprint density at radius 1 is 0.927 bits per heavy atom. The molecule has 0 aromatic heterocycles. The molecule has 0 radical (unpaired) electrons. The molecule has 4 N–H and O–H groups in total. The number of carbonyl (C=O) groups is 4. The monoisotopic (exact) mass is 580 g/mol. The van der Waals surface area contributed by atoms with Crippen LogP contribution in [0.25, 0.3) is 0 Å². The number of methoxy groups -OCH3 is 3. The topological polar surface area (TPSA) is 158 Å². The summed E-state index contributed by atoms with van der Waals surface area (Å²) in [7, 11) is 3.98. The minimum absolute atomic E-state index is 0.0142. The standard InChI is InChI=1S/C29H32N4O7S/c1-38-19-12-10-18(11-13-19)32-27-22(25(34)31-17-7-5-4-6-8-17)23(30)24(41-27)26(35)33-21-15-16(28(36)39-2)9-14-20(21)29(37)40-3/h9-15,17,24H,4-8,30H2,1-3H3,(H,31,34)(H,33,35)/t24-/m0/s1. The number of aliphatic imine (C=N–C) groups is 1. The maximum Gasteiger partial charge on any atom is 0.339 e. The number of nitrogens with one attached hydrogen (secondary N) is 2. The molecule has 0 bridgehead atoms. The largest absolute Gasteiger partial charge is 0.497 e. The Kier molecular flexibility index (Phi) is 9.66. The molecule has 11 nitrogen and oxygen atoms in total. The molecule has 1 aliphatic carbocycles. The van der Waals surface area contributed by atoms with Gasteiger partial charge in [-0.05, 0) is 55.3 Å². The number of rotatable bonds is 8. The van der Waals surface area contributed by atoms with Gasteiger partial charge in [0.05, 0.1) is 49.4 Å². The first-order chi connectivity index (χ1) is 19.7. The molecule has 2 aliphatic rings. The first-order valence-electron chi connectivity index (χ1n) is 13.1. The van der Waals surface area contributed by atoms with Crippen LogP contribution in [0.2, 0.25) is 0 Å². The zero-order valence-electron chi connectivity index (χ0n) is 23.0. The van der Waals surface area contributed by atoms with Gasteiger partial charge in [-0.25, -0.2) is 14.6 Å². The third-order valence-electron chi connectivity index (χ3n) is 6.83. The van der Waals surface area contributed by atoms with Gasteiger partial charge in [-0.3, -0.25) is 9.59 Å². The van der Waals surface area contributed by atoms with E-state index in [0.717, 1.165) is 43.9 Å². The maximum atomic E-state index is 13.6.